The van der Waals surface area contributed by atoms with Crippen molar-refractivity contribution < 1.29 is 4.79 Å². The Kier molecular flexibility index (Phi) is 4.33. The van der Waals surface area contributed by atoms with Crippen LogP contribution in [0, 0.1) is 10.8 Å². The molecule has 0 rings (SSSR count). The van der Waals surface area contributed by atoms with Gasteiger partial charge in [-0.2, -0.15) is 0 Å². The third-order valence-corrected chi connectivity index (χ3v) is 2.44. The Hall–Kier alpha value is -0.590. The van der Waals surface area contributed by atoms with Crippen LogP contribution in [0.3, 0.4) is 0 Å². The maximum atomic E-state index is 11.2. The predicted molar refractivity (Wildman–Crippen MR) is 66.9 cm³/mol. The van der Waals surface area contributed by atoms with Crippen molar-refractivity contribution in [3.05, 3.63) is 11.1 Å². The lowest BCUT2D eigenvalue weighted by Crippen LogP contribution is -2.24. The predicted octanol–water partition coefficient (Wildman–Crippen LogP) is 4.37. The maximum Gasteiger partial charge on any atom is 0.133 e. The Bertz CT molecular complexity index is 253. The van der Waals surface area contributed by atoms with Crippen molar-refractivity contribution in [2.75, 3.05) is 0 Å². The molecule has 0 unspecified atom stereocenters. The van der Waals surface area contributed by atoms with E-state index in [9.17, 15) is 4.79 Å². The zero-order valence-corrected chi connectivity index (χ0v) is 11.6. The molecule has 0 heterocycles. The van der Waals surface area contributed by atoms with Gasteiger partial charge >= 0.3 is 0 Å². The zero-order valence-electron chi connectivity index (χ0n) is 11.6. The number of hydrogen-bond acceptors (Lipinski definition) is 1. The van der Waals surface area contributed by atoms with E-state index >= 15 is 0 Å². The van der Waals surface area contributed by atoms with E-state index in [0.717, 1.165) is 0 Å². The normalized spacial score (nSPS) is 12.5. The van der Waals surface area contributed by atoms with Crippen LogP contribution < -0.4 is 0 Å². The summed E-state index contributed by atoms with van der Waals surface area (Å²) in [4.78, 5) is 11.2. The third kappa shape index (κ3) is 4.63. The summed E-state index contributed by atoms with van der Waals surface area (Å²) >= 11 is 0. The summed E-state index contributed by atoms with van der Waals surface area (Å²) < 4.78 is 0. The van der Waals surface area contributed by atoms with E-state index in [4.69, 9.17) is 0 Å². The highest BCUT2D eigenvalue weighted by Crippen LogP contribution is 2.41. The van der Waals surface area contributed by atoms with Crippen LogP contribution in [0.5, 0.6) is 0 Å². The van der Waals surface area contributed by atoms with Gasteiger partial charge in [0.25, 0.3) is 0 Å². The van der Waals surface area contributed by atoms with Crippen molar-refractivity contribution in [3.63, 3.8) is 0 Å². The Labute approximate surface area is 95.0 Å². The fourth-order valence-electron chi connectivity index (χ4n) is 2.87. The summed E-state index contributed by atoms with van der Waals surface area (Å²) in [5, 5.41) is 0. The fourth-order valence-corrected chi connectivity index (χ4v) is 2.87. The lowest BCUT2D eigenvalue weighted by molar-refractivity contribution is -0.116. The summed E-state index contributed by atoms with van der Waals surface area (Å²) in [7, 11) is 0. The van der Waals surface area contributed by atoms with Gasteiger partial charge in [0, 0.05) is 6.42 Å². The van der Waals surface area contributed by atoms with E-state index in [1.807, 2.05) is 0 Å². The van der Waals surface area contributed by atoms with Crippen molar-refractivity contribution in [1.82, 2.24) is 0 Å². The number of allylic oxidation sites excluding steroid dienone is 2. The average molecular weight is 210 g/mol. The Morgan fingerprint density at radius 3 is 1.40 bits per heavy atom. The molecular weight excluding hydrogens is 184 g/mol. The van der Waals surface area contributed by atoms with Crippen LogP contribution in [-0.2, 0) is 4.79 Å². The first-order valence-corrected chi connectivity index (χ1v) is 5.66. The monoisotopic (exact) mass is 210 g/mol. The number of carbonyl (C=O) groups excluding carboxylic acids is 1. The Morgan fingerprint density at radius 1 is 0.867 bits per heavy atom. The molecular formula is C14H26O. The zero-order chi connectivity index (χ0) is 12.4. The minimum absolute atomic E-state index is 0.137. The van der Waals surface area contributed by atoms with Gasteiger partial charge in [-0.15, -0.1) is 0 Å². The molecule has 0 radical (unpaired) electrons. The first kappa shape index (κ1) is 14.4. The number of Topliss-reactive ketones (excluding diaryl/α,β-unsaturated/α-hetero) is 1. The molecule has 0 aliphatic carbocycles. The highest BCUT2D eigenvalue weighted by molar-refractivity contribution is 5.78. The molecule has 0 amide bonds. The molecule has 0 aliphatic heterocycles. The highest BCUT2D eigenvalue weighted by Gasteiger charge is 2.29. The molecule has 0 N–H and O–H groups in total. The van der Waals surface area contributed by atoms with E-state index < -0.39 is 0 Å². The largest absolute Gasteiger partial charge is 0.300 e. The molecule has 1 heteroatoms. The molecule has 0 fully saturated rings. The van der Waals surface area contributed by atoms with E-state index in [1.54, 1.807) is 6.92 Å². The number of ketones is 1. The first-order chi connectivity index (χ1) is 6.46. The summed E-state index contributed by atoms with van der Waals surface area (Å²) in [5.41, 5.74) is 2.92. The van der Waals surface area contributed by atoms with Gasteiger partial charge in [0.05, 0.1) is 0 Å². The van der Waals surface area contributed by atoms with Crippen LogP contribution in [0.25, 0.3) is 0 Å². The minimum Gasteiger partial charge on any atom is -0.300 e. The van der Waals surface area contributed by atoms with E-state index in [-0.39, 0.29) is 16.6 Å². The molecule has 0 saturated carbocycles. The number of hydrogen-bond donors (Lipinski definition) is 0. The van der Waals surface area contributed by atoms with Crippen LogP contribution in [-0.4, -0.2) is 5.78 Å². The summed E-state index contributed by atoms with van der Waals surface area (Å²) in [6.07, 6.45) is 0.587. The molecule has 0 aromatic carbocycles. The van der Waals surface area contributed by atoms with Gasteiger partial charge in [0.1, 0.15) is 5.78 Å². The minimum atomic E-state index is 0.137. The summed E-state index contributed by atoms with van der Waals surface area (Å²) in [6.45, 7) is 17.1. The van der Waals surface area contributed by atoms with Gasteiger partial charge < -0.3 is 0 Å². The lowest BCUT2D eigenvalue weighted by Gasteiger charge is -2.36. The molecule has 0 aromatic heterocycles. The molecule has 88 valence electrons. The van der Waals surface area contributed by atoms with Crippen molar-refractivity contribution in [2.24, 2.45) is 10.8 Å². The van der Waals surface area contributed by atoms with Crippen LogP contribution >= 0.6 is 0 Å². The molecule has 0 spiro atoms. The van der Waals surface area contributed by atoms with Crippen LogP contribution in [0.15, 0.2) is 11.1 Å². The van der Waals surface area contributed by atoms with Gasteiger partial charge in [-0.1, -0.05) is 52.7 Å². The summed E-state index contributed by atoms with van der Waals surface area (Å²) in [6, 6.07) is 0. The molecule has 0 saturated heterocycles. The smallest absolute Gasteiger partial charge is 0.133 e. The second-order valence-corrected chi connectivity index (χ2v) is 6.53. The second kappa shape index (κ2) is 4.51. The standard InChI is InChI=1S/C14H26O/c1-10(9-11(2)15)12(13(3,4)5)14(6,7)8/h9H2,1-8H3. The molecule has 1 nitrogen and oxygen atoms in total. The Balaban J connectivity index is 5.38. The number of carbonyl (C=O) groups is 1. The van der Waals surface area contributed by atoms with E-state index in [1.165, 1.54) is 11.1 Å². The molecule has 0 aromatic rings. The third-order valence-electron chi connectivity index (χ3n) is 2.44. The van der Waals surface area contributed by atoms with Crippen molar-refractivity contribution in [1.29, 1.82) is 0 Å². The Morgan fingerprint density at radius 2 is 1.20 bits per heavy atom. The first-order valence-electron chi connectivity index (χ1n) is 5.66. The SMILES string of the molecule is CC(=O)CC(C)=C(C(C)(C)C)C(C)(C)C. The number of rotatable bonds is 2. The van der Waals surface area contributed by atoms with Crippen LogP contribution in [0.2, 0.25) is 0 Å². The molecule has 0 aliphatic rings. The molecule has 0 atom stereocenters. The van der Waals surface area contributed by atoms with E-state index in [2.05, 4.69) is 48.5 Å². The lowest BCUT2D eigenvalue weighted by atomic mass is 9.69. The molecule has 15 heavy (non-hydrogen) atoms. The van der Waals surface area contributed by atoms with Gasteiger partial charge in [-0.3, -0.25) is 4.79 Å². The average Bonchev–Trinajstić information content (AvgIpc) is 1.74. The molecule has 0 bridgehead atoms. The second-order valence-electron chi connectivity index (χ2n) is 6.53. The van der Waals surface area contributed by atoms with Gasteiger partial charge in [-0.25, -0.2) is 0 Å². The van der Waals surface area contributed by atoms with Crippen LogP contribution in [0.4, 0.5) is 0 Å². The highest BCUT2D eigenvalue weighted by atomic mass is 16.1. The van der Waals surface area contributed by atoms with Gasteiger partial charge in [0.2, 0.25) is 0 Å². The van der Waals surface area contributed by atoms with Crippen molar-refractivity contribution in [2.45, 2.75) is 61.8 Å². The fraction of sp³-hybridized carbons (Fsp3) is 0.786. The maximum absolute atomic E-state index is 11.2. The van der Waals surface area contributed by atoms with E-state index in [0.29, 0.717) is 6.42 Å². The van der Waals surface area contributed by atoms with Crippen molar-refractivity contribution >= 4 is 5.78 Å². The topological polar surface area (TPSA) is 17.1 Å². The van der Waals surface area contributed by atoms with Gasteiger partial charge in [-0.05, 0) is 24.7 Å². The quantitative estimate of drug-likeness (QED) is 0.618. The summed E-state index contributed by atoms with van der Waals surface area (Å²) in [5.74, 6) is 0.249. The van der Waals surface area contributed by atoms with Crippen molar-refractivity contribution in [3.8, 4) is 0 Å². The van der Waals surface area contributed by atoms with Crippen LogP contribution in [0.1, 0.15) is 61.8 Å². The van der Waals surface area contributed by atoms with Gasteiger partial charge in [0.15, 0.2) is 0 Å².